The molecular formula is C9H20N4O3S. The Morgan fingerprint density at radius 2 is 1.76 bits per heavy atom. The number of rotatable bonds is 5. The molecule has 17 heavy (non-hydrogen) atoms. The summed E-state index contributed by atoms with van der Waals surface area (Å²) >= 11 is 0. The summed E-state index contributed by atoms with van der Waals surface area (Å²) < 4.78 is 27.0. The number of carbonyl (C=O) groups is 1. The van der Waals surface area contributed by atoms with Crippen molar-refractivity contribution in [3.63, 3.8) is 0 Å². The zero-order valence-corrected chi connectivity index (χ0v) is 11.1. The van der Waals surface area contributed by atoms with Crippen molar-refractivity contribution in [2.75, 3.05) is 46.3 Å². The predicted molar refractivity (Wildman–Crippen MR) is 64.7 cm³/mol. The van der Waals surface area contributed by atoms with Gasteiger partial charge >= 0.3 is 0 Å². The number of hydrogen-bond acceptors (Lipinski definition) is 4. The molecule has 1 aliphatic rings. The van der Waals surface area contributed by atoms with Crippen LogP contribution in [-0.2, 0) is 15.0 Å². The first kappa shape index (κ1) is 14.4. The molecule has 7 nitrogen and oxygen atoms in total. The molecule has 0 bridgehead atoms. The Morgan fingerprint density at radius 3 is 2.29 bits per heavy atom. The summed E-state index contributed by atoms with van der Waals surface area (Å²) in [5, 5.41) is 0. The van der Waals surface area contributed by atoms with E-state index in [0.717, 1.165) is 13.1 Å². The van der Waals surface area contributed by atoms with Crippen molar-refractivity contribution < 1.29 is 13.2 Å². The van der Waals surface area contributed by atoms with Gasteiger partial charge in [0.05, 0.1) is 6.54 Å². The maximum absolute atomic E-state index is 11.7. The summed E-state index contributed by atoms with van der Waals surface area (Å²) in [6, 6.07) is 0. The van der Waals surface area contributed by atoms with Gasteiger partial charge in [0.25, 0.3) is 10.2 Å². The van der Waals surface area contributed by atoms with E-state index in [0.29, 0.717) is 19.6 Å². The molecule has 1 fully saturated rings. The van der Waals surface area contributed by atoms with Crippen LogP contribution in [0.3, 0.4) is 0 Å². The Kier molecular flexibility index (Phi) is 5.31. The molecule has 0 radical (unpaired) electrons. The van der Waals surface area contributed by atoms with Crippen LogP contribution in [0.4, 0.5) is 0 Å². The van der Waals surface area contributed by atoms with E-state index in [4.69, 9.17) is 0 Å². The number of amides is 1. The van der Waals surface area contributed by atoms with Crippen LogP contribution in [0.25, 0.3) is 0 Å². The van der Waals surface area contributed by atoms with Gasteiger partial charge in [-0.2, -0.15) is 13.1 Å². The van der Waals surface area contributed by atoms with Gasteiger partial charge in [-0.3, -0.25) is 4.79 Å². The Labute approximate surface area is 102 Å². The van der Waals surface area contributed by atoms with E-state index < -0.39 is 10.2 Å². The smallest absolute Gasteiger partial charge is 0.277 e. The number of carbonyl (C=O) groups excluding carboxylic acids is 1. The zero-order valence-electron chi connectivity index (χ0n) is 10.3. The Bertz CT molecular complexity index is 349. The average Bonchev–Trinajstić information content (AvgIpc) is 2.27. The Balaban J connectivity index is 2.35. The third kappa shape index (κ3) is 4.99. The summed E-state index contributed by atoms with van der Waals surface area (Å²) in [6.07, 6.45) is 0. The molecule has 1 aliphatic heterocycles. The fourth-order valence-electron chi connectivity index (χ4n) is 1.57. The first-order valence-electron chi connectivity index (χ1n) is 5.65. The lowest BCUT2D eigenvalue weighted by molar-refractivity contribution is -0.131. The van der Waals surface area contributed by atoms with E-state index in [1.807, 2.05) is 7.05 Å². The summed E-state index contributed by atoms with van der Waals surface area (Å²) in [4.78, 5) is 15.5. The molecule has 0 aromatic carbocycles. The predicted octanol–water partition coefficient (Wildman–Crippen LogP) is -1.80. The number of nitrogens with one attached hydrogen (secondary N) is 2. The van der Waals surface area contributed by atoms with Crippen LogP contribution in [-0.4, -0.2) is 70.4 Å². The minimum atomic E-state index is -3.53. The molecule has 1 saturated heterocycles. The summed E-state index contributed by atoms with van der Waals surface area (Å²) in [5.74, 6) is -0.181. The first-order valence-corrected chi connectivity index (χ1v) is 7.13. The van der Waals surface area contributed by atoms with Crippen LogP contribution in [0.15, 0.2) is 0 Å². The largest absolute Gasteiger partial charge is 0.339 e. The van der Waals surface area contributed by atoms with Crippen molar-refractivity contribution in [1.29, 1.82) is 0 Å². The summed E-state index contributed by atoms with van der Waals surface area (Å²) in [6.45, 7) is 4.76. The third-order valence-electron chi connectivity index (χ3n) is 2.60. The highest BCUT2D eigenvalue weighted by molar-refractivity contribution is 7.87. The molecule has 0 aliphatic carbocycles. The molecule has 0 saturated carbocycles. The maximum Gasteiger partial charge on any atom is 0.277 e. The van der Waals surface area contributed by atoms with Crippen LogP contribution in [0, 0.1) is 0 Å². The van der Waals surface area contributed by atoms with Crippen molar-refractivity contribution in [2.24, 2.45) is 0 Å². The second-order valence-electron chi connectivity index (χ2n) is 4.01. The molecule has 1 rings (SSSR count). The SMILES string of the molecule is CCNS(=O)(=O)NCC(=O)N1CCN(C)CC1. The second-order valence-corrected chi connectivity index (χ2v) is 5.59. The molecule has 8 heteroatoms. The van der Waals surface area contributed by atoms with Gasteiger partial charge < -0.3 is 9.80 Å². The Morgan fingerprint density at radius 1 is 1.18 bits per heavy atom. The van der Waals surface area contributed by atoms with Gasteiger partial charge in [0.1, 0.15) is 0 Å². The second kappa shape index (κ2) is 6.29. The van der Waals surface area contributed by atoms with Gasteiger partial charge in [-0.05, 0) is 7.05 Å². The number of nitrogens with zero attached hydrogens (tertiary/aromatic N) is 2. The molecule has 1 amide bonds. The lowest BCUT2D eigenvalue weighted by Gasteiger charge is -2.32. The van der Waals surface area contributed by atoms with E-state index in [1.165, 1.54) is 0 Å². The molecule has 1 heterocycles. The fraction of sp³-hybridized carbons (Fsp3) is 0.889. The normalized spacial score (nSPS) is 18.4. The van der Waals surface area contributed by atoms with Crippen LogP contribution < -0.4 is 9.44 Å². The van der Waals surface area contributed by atoms with Gasteiger partial charge in [-0.1, -0.05) is 6.92 Å². The Hall–Kier alpha value is -0.700. The molecule has 0 aromatic heterocycles. The fourth-order valence-corrected chi connectivity index (χ4v) is 2.36. The highest BCUT2D eigenvalue weighted by Gasteiger charge is 2.20. The molecule has 100 valence electrons. The zero-order chi connectivity index (χ0) is 12.9. The number of likely N-dealkylation sites (N-methyl/N-ethyl adjacent to an activating group) is 1. The van der Waals surface area contributed by atoms with Gasteiger partial charge in [-0.15, -0.1) is 0 Å². The molecule has 0 spiro atoms. The molecule has 0 aromatic rings. The van der Waals surface area contributed by atoms with E-state index in [2.05, 4.69) is 14.3 Å². The van der Waals surface area contributed by atoms with E-state index in [1.54, 1.807) is 11.8 Å². The first-order chi connectivity index (χ1) is 7.94. The van der Waals surface area contributed by atoms with Crippen LogP contribution in [0.1, 0.15) is 6.92 Å². The van der Waals surface area contributed by atoms with E-state index >= 15 is 0 Å². The third-order valence-corrected chi connectivity index (χ3v) is 3.80. The van der Waals surface area contributed by atoms with Crippen molar-refractivity contribution in [1.82, 2.24) is 19.2 Å². The van der Waals surface area contributed by atoms with Crippen LogP contribution in [0.2, 0.25) is 0 Å². The molecular weight excluding hydrogens is 244 g/mol. The van der Waals surface area contributed by atoms with Crippen LogP contribution >= 0.6 is 0 Å². The number of hydrogen-bond donors (Lipinski definition) is 2. The van der Waals surface area contributed by atoms with E-state index in [-0.39, 0.29) is 12.5 Å². The van der Waals surface area contributed by atoms with Crippen molar-refractivity contribution in [2.45, 2.75) is 6.92 Å². The average molecular weight is 264 g/mol. The molecule has 0 unspecified atom stereocenters. The van der Waals surface area contributed by atoms with Crippen LogP contribution in [0.5, 0.6) is 0 Å². The molecule has 2 N–H and O–H groups in total. The lowest BCUT2D eigenvalue weighted by Crippen LogP contribution is -2.50. The van der Waals surface area contributed by atoms with Gasteiger partial charge in [0.15, 0.2) is 0 Å². The number of piperazine rings is 1. The van der Waals surface area contributed by atoms with Gasteiger partial charge in [0, 0.05) is 32.7 Å². The molecule has 0 atom stereocenters. The topological polar surface area (TPSA) is 81.8 Å². The summed E-state index contributed by atoms with van der Waals surface area (Å²) in [5.41, 5.74) is 0. The maximum atomic E-state index is 11.7. The van der Waals surface area contributed by atoms with Crippen molar-refractivity contribution >= 4 is 16.1 Å². The van der Waals surface area contributed by atoms with Gasteiger partial charge in [-0.25, -0.2) is 4.72 Å². The van der Waals surface area contributed by atoms with Gasteiger partial charge in [0.2, 0.25) is 5.91 Å². The lowest BCUT2D eigenvalue weighted by atomic mass is 10.3. The quantitative estimate of drug-likeness (QED) is 0.614. The van der Waals surface area contributed by atoms with Crippen molar-refractivity contribution in [3.8, 4) is 0 Å². The minimum absolute atomic E-state index is 0.181. The van der Waals surface area contributed by atoms with E-state index in [9.17, 15) is 13.2 Å². The standard InChI is InChI=1S/C9H20N4O3S/c1-3-10-17(15,16)11-8-9(14)13-6-4-12(2)5-7-13/h10-11H,3-8H2,1-2H3. The highest BCUT2D eigenvalue weighted by atomic mass is 32.2. The summed E-state index contributed by atoms with van der Waals surface area (Å²) in [7, 11) is -1.54. The van der Waals surface area contributed by atoms with Crippen molar-refractivity contribution in [3.05, 3.63) is 0 Å². The highest BCUT2D eigenvalue weighted by Crippen LogP contribution is 1.99. The monoisotopic (exact) mass is 264 g/mol. The minimum Gasteiger partial charge on any atom is -0.339 e.